The van der Waals surface area contributed by atoms with Crippen LogP contribution < -0.4 is 0 Å². The Bertz CT molecular complexity index is 850. The normalized spacial score (nSPS) is 10.4. The Labute approximate surface area is 116 Å². The quantitative estimate of drug-likeness (QED) is 0.730. The Morgan fingerprint density at radius 3 is 2.75 bits per heavy atom. The van der Waals surface area contributed by atoms with E-state index in [1.165, 1.54) is 6.20 Å². The standard InChI is InChI=1S/C16H11N3O/c1-10-13-4-2-3-5-15(13)19-16(14(10)7-17)11-6-12(20)9-18-8-11/h2-6,8-9,20H,1H3. The number of aromatic nitrogens is 2. The van der Waals surface area contributed by atoms with Crippen LogP contribution in [0.5, 0.6) is 5.75 Å². The molecule has 4 heteroatoms. The summed E-state index contributed by atoms with van der Waals surface area (Å²) in [6.07, 6.45) is 2.94. The largest absolute Gasteiger partial charge is 0.506 e. The van der Waals surface area contributed by atoms with Gasteiger partial charge in [-0.15, -0.1) is 0 Å². The minimum absolute atomic E-state index is 0.0546. The summed E-state index contributed by atoms with van der Waals surface area (Å²) in [5, 5.41) is 19.9. The van der Waals surface area contributed by atoms with Gasteiger partial charge in [0.05, 0.1) is 23.0 Å². The molecule has 0 bridgehead atoms. The van der Waals surface area contributed by atoms with Crippen molar-refractivity contribution in [2.24, 2.45) is 0 Å². The van der Waals surface area contributed by atoms with Gasteiger partial charge in [0.2, 0.25) is 0 Å². The molecule has 0 amide bonds. The third-order valence-electron chi connectivity index (χ3n) is 3.26. The first-order valence-corrected chi connectivity index (χ1v) is 6.14. The highest BCUT2D eigenvalue weighted by atomic mass is 16.3. The second kappa shape index (κ2) is 4.63. The molecule has 3 aromatic rings. The lowest BCUT2D eigenvalue weighted by atomic mass is 9.99. The Morgan fingerprint density at radius 2 is 2.00 bits per heavy atom. The van der Waals surface area contributed by atoms with Crippen LogP contribution >= 0.6 is 0 Å². The molecule has 96 valence electrons. The van der Waals surface area contributed by atoms with E-state index < -0.39 is 0 Å². The lowest BCUT2D eigenvalue weighted by Crippen LogP contribution is -1.95. The number of hydrogen-bond donors (Lipinski definition) is 1. The van der Waals surface area contributed by atoms with Crippen molar-refractivity contribution in [2.45, 2.75) is 6.92 Å². The smallest absolute Gasteiger partial charge is 0.134 e. The van der Waals surface area contributed by atoms with Crippen molar-refractivity contribution in [3.63, 3.8) is 0 Å². The van der Waals surface area contributed by atoms with Gasteiger partial charge in [-0.05, 0) is 24.6 Å². The molecule has 0 aliphatic carbocycles. The van der Waals surface area contributed by atoms with E-state index in [0.717, 1.165) is 16.5 Å². The molecule has 20 heavy (non-hydrogen) atoms. The second-order valence-corrected chi connectivity index (χ2v) is 4.52. The van der Waals surface area contributed by atoms with Gasteiger partial charge in [-0.3, -0.25) is 4.98 Å². The summed E-state index contributed by atoms with van der Waals surface area (Å²) < 4.78 is 0. The number of nitriles is 1. The van der Waals surface area contributed by atoms with Gasteiger partial charge < -0.3 is 5.11 Å². The molecule has 0 saturated heterocycles. The maximum absolute atomic E-state index is 9.55. The number of aromatic hydroxyl groups is 1. The number of fused-ring (bicyclic) bond motifs is 1. The van der Waals surface area contributed by atoms with Crippen molar-refractivity contribution in [1.82, 2.24) is 9.97 Å². The van der Waals surface area contributed by atoms with Crippen molar-refractivity contribution < 1.29 is 5.11 Å². The van der Waals surface area contributed by atoms with Crippen molar-refractivity contribution >= 4 is 10.9 Å². The molecule has 0 radical (unpaired) electrons. The number of rotatable bonds is 1. The summed E-state index contributed by atoms with van der Waals surface area (Å²) in [4.78, 5) is 8.49. The highest BCUT2D eigenvalue weighted by Crippen LogP contribution is 2.29. The van der Waals surface area contributed by atoms with E-state index in [1.807, 2.05) is 31.2 Å². The average Bonchev–Trinajstić information content (AvgIpc) is 2.47. The zero-order valence-corrected chi connectivity index (χ0v) is 10.8. The Morgan fingerprint density at radius 1 is 1.20 bits per heavy atom. The molecular weight excluding hydrogens is 250 g/mol. The Kier molecular flexibility index (Phi) is 2.81. The third-order valence-corrected chi connectivity index (χ3v) is 3.26. The number of pyridine rings is 2. The van der Waals surface area contributed by atoms with E-state index >= 15 is 0 Å². The van der Waals surface area contributed by atoms with E-state index in [2.05, 4.69) is 16.0 Å². The molecule has 0 saturated carbocycles. The van der Waals surface area contributed by atoms with Crippen LogP contribution in [0.3, 0.4) is 0 Å². The number of aryl methyl sites for hydroxylation is 1. The Hall–Kier alpha value is -2.93. The van der Waals surface area contributed by atoms with Crippen LogP contribution in [0.25, 0.3) is 22.2 Å². The highest BCUT2D eigenvalue weighted by Gasteiger charge is 2.13. The van der Waals surface area contributed by atoms with Crippen LogP contribution in [-0.2, 0) is 0 Å². The first-order chi connectivity index (χ1) is 9.70. The molecule has 2 heterocycles. The van der Waals surface area contributed by atoms with Crippen LogP contribution in [0.15, 0.2) is 42.7 Å². The highest BCUT2D eigenvalue weighted by molar-refractivity contribution is 5.88. The molecule has 0 atom stereocenters. The van der Waals surface area contributed by atoms with Crippen molar-refractivity contribution in [3.05, 3.63) is 53.9 Å². The SMILES string of the molecule is Cc1c(C#N)c(-c2cncc(O)c2)nc2ccccc12. The predicted octanol–water partition coefficient (Wildman–Crippen LogP) is 3.18. The van der Waals surface area contributed by atoms with Gasteiger partial charge in [0.15, 0.2) is 0 Å². The third kappa shape index (κ3) is 1.86. The van der Waals surface area contributed by atoms with Gasteiger partial charge in [0.1, 0.15) is 11.8 Å². The maximum Gasteiger partial charge on any atom is 0.134 e. The molecule has 2 aromatic heterocycles. The van der Waals surface area contributed by atoms with Crippen LogP contribution in [0, 0.1) is 18.3 Å². The monoisotopic (exact) mass is 261 g/mol. The topological polar surface area (TPSA) is 69.8 Å². The molecule has 1 N–H and O–H groups in total. The fourth-order valence-electron chi connectivity index (χ4n) is 2.28. The van der Waals surface area contributed by atoms with E-state index in [4.69, 9.17) is 0 Å². The minimum Gasteiger partial charge on any atom is -0.506 e. The van der Waals surface area contributed by atoms with Crippen LogP contribution in [-0.4, -0.2) is 15.1 Å². The van der Waals surface area contributed by atoms with E-state index in [0.29, 0.717) is 16.8 Å². The van der Waals surface area contributed by atoms with E-state index in [9.17, 15) is 10.4 Å². The van der Waals surface area contributed by atoms with Gasteiger partial charge in [-0.2, -0.15) is 5.26 Å². The molecule has 1 aromatic carbocycles. The van der Waals surface area contributed by atoms with Crippen LogP contribution in [0.4, 0.5) is 0 Å². The molecule has 3 rings (SSSR count). The summed E-state index contributed by atoms with van der Waals surface area (Å²) in [5.74, 6) is 0.0546. The fourth-order valence-corrected chi connectivity index (χ4v) is 2.28. The zero-order chi connectivity index (χ0) is 14.1. The van der Waals surface area contributed by atoms with Gasteiger partial charge in [-0.1, -0.05) is 18.2 Å². The first kappa shape index (κ1) is 12.1. The number of para-hydroxylation sites is 1. The Balaban J connectivity index is 2.39. The van der Waals surface area contributed by atoms with Gasteiger partial charge in [0, 0.05) is 17.1 Å². The second-order valence-electron chi connectivity index (χ2n) is 4.52. The van der Waals surface area contributed by atoms with Gasteiger partial charge in [-0.25, -0.2) is 4.98 Å². The molecule has 0 aliphatic heterocycles. The molecule has 0 spiro atoms. The maximum atomic E-state index is 9.55. The van der Waals surface area contributed by atoms with Crippen LogP contribution in [0.1, 0.15) is 11.1 Å². The fraction of sp³-hybridized carbons (Fsp3) is 0.0625. The number of nitrogens with zero attached hydrogens (tertiary/aromatic N) is 3. The van der Waals surface area contributed by atoms with Crippen molar-refractivity contribution in [1.29, 1.82) is 5.26 Å². The van der Waals surface area contributed by atoms with Crippen molar-refractivity contribution in [2.75, 3.05) is 0 Å². The number of benzene rings is 1. The average molecular weight is 261 g/mol. The molecule has 0 unspecified atom stereocenters. The molecular formula is C16H11N3O. The predicted molar refractivity (Wildman–Crippen MR) is 76.1 cm³/mol. The summed E-state index contributed by atoms with van der Waals surface area (Å²) in [5.41, 5.74) is 3.40. The van der Waals surface area contributed by atoms with E-state index in [1.54, 1.807) is 12.3 Å². The van der Waals surface area contributed by atoms with E-state index in [-0.39, 0.29) is 5.75 Å². The van der Waals surface area contributed by atoms with Gasteiger partial charge in [0.25, 0.3) is 0 Å². The summed E-state index contributed by atoms with van der Waals surface area (Å²) in [7, 11) is 0. The molecule has 0 aliphatic rings. The first-order valence-electron chi connectivity index (χ1n) is 6.14. The van der Waals surface area contributed by atoms with Crippen molar-refractivity contribution in [3.8, 4) is 23.1 Å². The lowest BCUT2D eigenvalue weighted by Gasteiger charge is -2.09. The summed E-state index contributed by atoms with van der Waals surface area (Å²) >= 11 is 0. The number of hydrogen-bond acceptors (Lipinski definition) is 4. The lowest BCUT2D eigenvalue weighted by molar-refractivity contribution is 0.473. The molecule has 0 fully saturated rings. The summed E-state index contributed by atoms with van der Waals surface area (Å²) in [6, 6.07) is 11.4. The van der Waals surface area contributed by atoms with Crippen LogP contribution in [0.2, 0.25) is 0 Å². The van der Waals surface area contributed by atoms with Gasteiger partial charge >= 0.3 is 0 Å². The zero-order valence-electron chi connectivity index (χ0n) is 10.8. The minimum atomic E-state index is 0.0546. The molecule has 4 nitrogen and oxygen atoms in total. The summed E-state index contributed by atoms with van der Waals surface area (Å²) in [6.45, 7) is 1.91.